The molecular formula is C16H15N3O4. The molecule has 118 valence electrons. The van der Waals surface area contributed by atoms with Crippen molar-refractivity contribution in [1.29, 1.82) is 0 Å². The number of nitrogens with one attached hydrogen (secondary N) is 1. The Bertz CT molecular complexity index is 961. The van der Waals surface area contributed by atoms with Crippen LogP contribution in [0.3, 0.4) is 0 Å². The molecule has 2 aromatic heterocycles. The van der Waals surface area contributed by atoms with Crippen molar-refractivity contribution in [2.45, 2.75) is 6.54 Å². The number of benzene rings is 1. The number of H-pyrrole nitrogens is 1. The molecule has 0 radical (unpaired) electrons. The van der Waals surface area contributed by atoms with E-state index in [1.807, 2.05) is 0 Å². The van der Waals surface area contributed by atoms with Crippen LogP contribution in [0.25, 0.3) is 10.9 Å². The zero-order valence-electron chi connectivity index (χ0n) is 12.7. The number of pyridine rings is 1. The summed E-state index contributed by atoms with van der Waals surface area (Å²) in [6.07, 6.45) is 3.23. The maximum absolute atomic E-state index is 12.7. The topological polar surface area (TPSA) is 86.2 Å². The molecule has 0 bridgehead atoms. The van der Waals surface area contributed by atoms with E-state index in [0.717, 1.165) is 10.1 Å². The van der Waals surface area contributed by atoms with Crippen LogP contribution in [0.1, 0.15) is 5.56 Å². The first-order valence-corrected chi connectivity index (χ1v) is 6.92. The largest absolute Gasteiger partial charge is 0.493 e. The minimum atomic E-state index is -0.480. The summed E-state index contributed by atoms with van der Waals surface area (Å²) in [4.78, 5) is 31.5. The van der Waals surface area contributed by atoms with Gasteiger partial charge in [-0.3, -0.25) is 14.3 Å². The van der Waals surface area contributed by atoms with Gasteiger partial charge in [0, 0.05) is 18.5 Å². The van der Waals surface area contributed by atoms with E-state index in [1.165, 1.54) is 14.2 Å². The van der Waals surface area contributed by atoms with Gasteiger partial charge in [0.05, 0.1) is 31.7 Å². The van der Waals surface area contributed by atoms with E-state index in [0.29, 0.717) is 22.4 Å². The minimum absolute atomic E-state index is 0.168. The van der Waals surface area contributed by atoms with Crippen molar-refractivity contribution in [2.75, 3.05) is 14.2 Å². The maximum atomic E-state index is 12.7. The van der Waals surface area contributed by atoms with Crippen LogP contribution in [0.4, 0.5) is 0 Å². The highest BCUT2D eigenvalue weighted by molar-refractivity contribution is 5.81. The van der Waals surface area contributed by atoms with Gasteiger partial charge in [0.2, 0.25) is 0 Å². The standard InChI is InChI=1S/C16H15N3O4/c1-22-13-7-11-12(8-14(13)23-2)18-16(21)19(15(11)20)9-10-3-5-17-6-4-10/h3-8H,9H2,1-2H3,(H,18,21). The Morgan fingerprint density at radius 2 is 1.74 bits per heavy atom. The number of rotatable bonds is 4. The monoisotopic (exact) mass is 313 g/mol. The summed E-state index contributed by atoms with van der Waals surface area (Å²) in [5.74, 6) is 0.876. The highest BCUT2D eigenvalue weighted by Crippen LogP contribution is 2.29. The molecule has 23 heavy (non-hydrogen) atoms. The number of aromatic amines is 1. The van der Waals surface area contributed by atoms with Crippen LogP contribution in [0.5, 0.6) is 11.5 Å². The van der Waals surface area contributed by atoms with Crippen molar-refractivity contribution in [3.63, 3.8) is 0 Å². The molecule has 2 heterocycles. The molecule has 3 rings (SSSR count). The summed E-state index contributed by atoms with van der Waals surface area (Å²) in [6.45, 7) is 0.168. The molecule has 3 aromatic rings. The lowest BCUT2D eigenvalue weighted by molar-refractivity contribution is 0.355. The molecule has 0 spiro atoms. The third-order valence-electron chi connectivity index (χ3n) is 3.58. The molecule has 0 aliphatic carbocycles. The van der Waals surface area contributed by atoms with Gasteiger partial charge in [-0.2, -0.15) is 0 Å². The van der Waals surface area contributed by atoms with E-state index in [9.17, 15) is 9.59 Å². The molecule has 0 saturated carbocycles. The lowest BCUT2D eigenvalue weighted by Gasteiger charge is -2.10. The lowest BCUT2D eigenvalue weighted by atomic mass is 10.2. The Morgan fingerprint density at radius 3 is 2.39 bits per heavy atom. The average Bonchev–Trinajstić information content (AvgIpc) is 2.58. The Kier molecular flexibility index (Phi) is 3.84. The first-order chi connectivity index (χ1) is 11.1. The van der Waals surface area contributed by atoms with Crippen molar-refractivity contribution >= 4 is 10.9 Å². The van der Waals surface area contributed by atoms with E-state index in [1.54, 1.807) is 36.7 Å². The van der Waals surface area contributed by atoms with Crippen molar-refractivity contribution in [2.24, 2.45) is 0 Å². The van der Waals surface area contributed by atoms with Crippen LogP contribution in [0.15, 0.2) is 46.2 Å². The first kappa shape index (κ1) is 14.8. The number of ether oxygens (including phenoxy) is 2. The quantitative estimate of drug-likeness (QED) is 0.781. The number of hydrogen-bond donors (Lipinski definition) is 1. The van der Waals surface area contributed by atoms with Gasteiger partial charge >= 0.3 is 5.69 Å². The number of aromatic nitrogens is 3. The lowest BCUT2D eigenvalue weighted by Crippen LogP contribution is -2.35. The molecule has 1 N–H and O–H groups in total. The molecule has 0 aliphatic rings. The van der Waals surface area contributed by atoms with Gasteiger partial charge in [-0.1, -0.05) is 0 Å². The van der Waals surface area contributed by atoms with Gasteiger partial charge in [0.25, 0.3) is 5.56 Å². The van der Waals surface area contributed by atoms with Crippen LogP contribution in [0, 0.1) is 0 Å². The van der Waals surface area contributed by atoms with Crippen LogP contribution in [0.2, 0.25) is 0 Å². The molecule has 1 aromatic carbocycles. The van der Waals surface area contributed by atoms with Crippen molar-refractivity contribution in [3.8, 4) is 11.5 Å². The van der Waals surface area contributed by atoms with E-state index < -0.39 is 5.69 Å². The van der Waals surface area contributed by atoms with Crippen molar-refractivity contribution in [1.82, 2.24) is 14.5 Å². The van der Waals surface area contributed by atoms with Gasteiger partial charge in [-0.05, 0) is 23.8 Å². The molecule has 0 fully saturated rings. The van der Waals surface area contributed by atoms with Crippen LogP contribution in [-0.2, 0) is 6.54 Å². The van der Waals surface area contributed by atoms with Crippen molar-refractivity contribution in [3.05, 3.63) is 63.1 Å². The molecular weight excluding hydrogens is 298 g/mol. The second-order valence-corrected chi connectivity index (χ2v) is 4.93. The molecule has 0 atom stereocenters. The zero-order chi connectivity index (χ0) is 16.4. The predicted octanol–water partition coefficient (Wildman–Crippen LogP) is 1.15. The summed E-state index contributed by atoms with van der Waals surface area (Å²) >= 11 is 0. The van der Waals surface area contributed by atoms with E-state index >= 15 is 0 Å². The second-order valence-electron chi connectivity index (χ2n) is 4.93. The fourth-order valence-electron chi connectivity index (χ4n) is 2.39. The van der Waals surface area contributed by atoms with Crippen LogP contribution in [-0.4, -0.2) is 28.8 Å². The molecule has 0 unspecified atom stereocenters. The molecule has 7 nitrogen and oxygen atoms in total. The van der Waals surface area contributed by atoms with E-state index in [-0.39, 0.29) is 12.1 Å². The highest BCUT2D eigenvalue weighted by Gasteiger charge is 2.13. The molecule has 7 heteroatoms. The summed E-state index contributed by atoms with van der Waals surface area (Å²) in [5, 5.41) is 0.358. The molecule has 0 saturated heterocycles. The summed E-state index contributed by atoms with van der Waals surface area (Å²) in [7, 11) is 2.98. The van der Waals surface area contributed by atoms with E-state index in [4.69, 9.17) is 9.47 Å². The van der Waals surface area contributed by atoms with E-state index in [2.05, 4.69) is 9.97 Å². The van der Waals surface area contributed by atoms with Crippen LogP contribution >= 0.6 is 0 Å². The summed E-state index contributed by atoms with van der Waals surface area (Å²) in [5.41, 5.74) is 0.351. The number of methoxy groups -OCH3 is 2. The summed E-state index contributed by atoms with van der Waals surface area (Å²) in [6, 6.07) is 6.65. The maximum Gasteiger partial charge on any atom is 0.329 e. The SMILES string of the molecule is COc1cc2[nH]c(=O)n(Cc3ccncc3)c(=O)c2cc1OC. The first-order valence-electron chi connectivity index (χ1n) is 6.92. The van der Waals surface area contributed by atoms with Crippen molar-refractivity contribution < 1.29 is 9.47 Å². The normalized spacial score (nSPS) is 10.7. The van der Waals surface area contributed by atoms with Gasteiger partial charge in [0.15, 0.2) is 11.5 Å². The van der Waals surface area contributed by atoms with Gasteiger partial charge in [0.1, 0.15) is 0 Å². The Labute approximate surface area is 131 Å². The zero-order valence-corrected chi connectivity index (χ0v) is 12.7. The fraction of sp³-hybridized carbons (Fsp3) is 0.188. The van der Waals surface area contributed by atoms with Gasteiger partial charge in [-0.25, -0.2) is 4.79 Å². The second kappa shape index (κ2) is 5.96. The number of fused-ring (bicyclic) bond motifs is 1. The third-order valence-corrected chi connectivity index (χ3v) is 3.58. The highest BCUT2D eigenvalue weighted by atomic mass is 16.5. The predicted molar refractivity (Wildman–Crippen MR) is 85.3 cm³/mol. The smallest absolute Gasteiger partial charge is 0.329 e. The Morgan fingerprint density at radius 1 is 1.09 bits per heavy atom. The molecule has 0 amide bonds. The Hall–Kier alpha value is -3.09. The number of hydrogen-bond acceptors (Lipinski definition) is 5. The Balaban J connectivity index is 2.21. The minimum Gasteiger partial charge on any atom is -0.493 e. The third kappa shape index (κ3) is 2.68. The molecule has 0 aliphatic heterocycles. The number of nitrogens with zero attached hydrogens (tertiary/aromatic N) is 2. The van der Waals surface area contributed by atoms with Gasteiger partial charge in [-0.15, -0.1) is 0 Å². The fourth-order valence-corrected chi connectivity index (χ4v) is 2.39. The summed E-state index contributed by atoms with van der Waals surface area (Å²) < 4.78 is 11.5. The van der Waals surface area contributed by atoms with Gasteiger partial charge < -0.3 is 14.5 Å². The average molecular weight is 313 g/mol. The van der Waals surface area contributed by atoms with Crippen LogP contribution < -0.4 is 20.7 Å².